The van der Waals surface area contributed by atoms with E-state index in [1.54, 1.807) is 0 Å². The molecule has 6 nitrogen and oxygen atoms in total. The maximum atomic E-state index is 12.6. The third kappa shape index (κ3) is 4.28. The first kappa shape index (κ1) is 18.1. The summed E-state index contributed by atoms with van der Waals surface area (Å²) in [6.45, 7) is 10.0. The number of piperidine rings is 1. The van der Waals surface area contributed by atoms with Gasteiger partial charge >= 0.3 is 0 Å². The van der Waals surface area contributed by atoms with E-state index in [4.69, 9.17) is 9.47 Å². The van der Waals surface area contributed by atoms with Crippen LogP contribution < -0.4 is 5.32 Å². The number of likely N-dealkylation sites (tertiary alicyclic amines) is 1. The summed E-state index contributed by atoms with van der Waals surface area (Å²) in [5, 5.41) is 3.22. The molecule has 0 aromatic heterocycles. The fourth-order valence-electron chi connectivity index (χ4n) is 4.24. The van der Waals surface area contributed by atoms with Crippen LogP contribution in [0, 0.1) is 0 Å². The Morgan fingerprint density at radius 3 is 2.58 bits per heavy atom. The predicted molar refractivity (Wildman–Crippen MR) is 93.1 cm³/mol. The average molecular weight is 339 g/mol. The second kappa shape index (κ2) is 8.61. The summed E-state index contributed by atoms with van der Waals surface area (Å²) in [7, 11) is 0. The lowest BCUT2D eigenvalue weighted by Crippen LogP contribution is -2.61. The molecule has 0 aliphatic carbocycles. The van der Waals surface area contributed by atoms with Crippen LogP contribution in [0.2, 0.25) is 0 Å². The maximum Gasteiger partial charge on any atom is 0.250 e. The molecule has 0 bridgehead atoms. The number of nitrogens with one attached hydrogen (secondary N) is 1. The summed E-state index contributed by atoms with van der Waals surface area (Å²) >= 11 is 0. The molecule has 3 saturated heterocycles. The summed E-state index contributed by atoms with van der Waals surface area (Å²) in [6.07, 6.45) is 5.58. The van der Waals surface area contributed by atoms with Crippen LogP contribution >= 0.6 is 0 Å². The molecule has 1 amide bonds. The summed E-state index contributed by atoms with van der Waals surface area (Å²) in [4.78, 5) is 17.5. The zero-order valence-corrected chi connectivity index (χ0v) is 15.1. The molecule has 3 fully saturated rings. The Balaban J connectivity index is 1.57. The third-order valence-electron chi connectivity index (χ3n) is 5.93. The Labute approximate surface area is 145 Å². The third-order valence-corrected chi connectivity index (χ3v) is 5.93. The molecule has 3 heterocycles. The molecule has 3 aliphatic heterocycles. The number of likely N-dealkylation sites (N-methyl/N-ethyl adjacent to an activating group) is 1. The number of rotatable bonds is 5. The maximum absolute atomic E-state index is 12.6. The Morgan fingerprint density at radius 2 is 1.88 bits per heavy atom. The van der Waals surface area contributed by atoms with Crippen molar-refractivity contribution in [1.29, 1.82) is 0 Å². The lowest BCUT2D eigenvalue weighted by atomic mass is 9.86. The van der Waals surface area contributed by atoms with Gasteiger partial charge in [0.25, 0.3) is 5.91 Å². The fourth-order valence-corrected chi connectivity index (χ4v) is 4.24. The monoisotopic (exact) mass is 339 g/mol. The largest absolute Gasteiger partial charge is 0.381 e. The van der Waals surface area contributed by atoms with Gasteiger partial charge in [0, 0.05) is 38.4 Å². The molecule has 1 unspecified atom stereocenters. The average Bonchev–Trinajstić information content (AvgIpc) is 2.67. The van der Waals surface area contributed by atoms with Gasteiger partial charge in [-0.15, -0.1) is 0 Å². The van der Waals surface area contributed by atoms with Gasteiger partial charge in [-0.3, -0.25) is 14.6 Å². The van der Waals surface area contributed by atoms with Crippen molar-refractivity contribution >= 4 is 5.91 Å². The highest BCUT2D eigenvalue weighted by atomic mass is 16.5. The minimum atomic E-state index is -0.322. The molecule has 3 aliphatic rings. The molecule has 24 heavy (non-hydrogen) atoms. The van der Waals surface area contributed by atoms with Crippen molar-refractivity contribution in [2.45, 2.75) is 50.7 Å². The lowest BCUT2D eigenvalue weighted by Gasteiger charge is -2.48. The predicted octanol–water partition coefficient (Wildman–Crippen LogP) is 0.858. The molecule has 0 aromatic rings. The highest BCUT2D eigenvalue weighted by Crippen LogP contribution is 2.30. The topological polar surface area (TPSA) is 54.0 Å². The summed E-state index contributed by atoms with van der Waals surface area (Å²) in [5.74, 6) is 0.0519. The molecular weight excluding hydrogens is 306 g/mol. The van der Waals surface area contributed by atoms with E-state index in [0.29, 0.717) is 13.2 Å². The van der Waals surface area contributed by atoms with Crippen molar-refractivity contribution < 1.29 is 14.3 Å². The van der Waals surface area contributed by atoms with Crippen LogP contribution in [0.1, 0.15) is 39.0 Å². The first-order chi connectivity index (χ1) is 11.7. The standard InChI is InChI=1S/C18H33N3O3/c1-2-20-10-13-24-16(14-20)17(22)19-15-18(6-11-23-12-7-18)21-8-4-3-5-9-21/h16H,2-15H2,1H3,(H,19,22). The van der Waals surface area contributed by atoms with E-state index in [-0.39, 0.29) is 17.6 Å². The fraction of sp³-hybridized carbons (Fsp3) is 0.944. The van der Waals surface area contributed by atoms with Gasteiger partial charge in [-0.1, -0.05) is 13.3 Å². The first-order valence-corrected chi connectivity index (χ1v) is 9.68. The number of nitrogens with zero attached hydrogens (tertiary/aromatic N) is 2. The van der Waals surface area contributed by atoms with Crippen LogP contribution in [0.15, 0.2) is 0 Å². The number of ether oxygens (including phenoxy) is 2. The van der Waals surface area contributed by atoms with E-state index in [0.717, 1.165) is 58.8 Å². The Morgan fingerprint density at radius 1 is 1.12 bits per heavy atom. The smallest absolute Gasteiger partial charge is 0.250 e. The van der Waals surface area contributed by atoms with Gasteiger partial charge in [0.2, 0.25) is 0 Å². The Hall–Kier alpha value is -0.690. The van der Waals surface area contributed by atoms with Crippen molar-refractivity contribution in [2.24, 2.45) is 0 Å². The van der Waals surface area contributed by atoms with Gasteiger partial charge in [0.05, 0.1) is 6.61 Å². The highest BCUT2D eigenvalue weighted by Gasteiger charge is 2.39. The van der Waals surface area contributed by atoms with Crippen molar-refractivity contribution in [3.8, 4) is 0 Å². The van der Waals surface area contributed by atoms with Crippen molar-refractivity contribution in [3.63, 3.8) is 0 Å². The van der Waals surface area contributed by atoms with Crippen LogP contribution in [0.25, 0.3) is 0 Å². The number of carbonyl (C=O) groups excluding carboxylic acids is 1. The first-order valence-electron chi connectivity index (χ1n) is 9.68. The minimum Gasteiger partial charge on any atom is -0.381 e. The van der Waals surface area contributed by atoms with Gasteiger partial charge in [0.15, 0.2) is 0 Å². The molecule has 0 aromatic carbocycles. The van der Waals surface area contributed by atoms with E-state index in [2.05, 4.69) is 22.0 Å². The van der Waals surface area contributed by atoms with Crippen LogP contribution in [-0.4, -0.2) is 86.4 Å². The highest BCUT2D eigenvalue weighted by molar-refractivity contribution is 5.81. The molecule has 6 heteroatoms. The quantitative estimate of drug-likeness (QED) is 0.805. The summed E-state index contributed by atoms with van der Waals surface area (Å²) < 4.78 is 11.3. The molecule has 138 valence electrons. The van der Waals surface area contributed by atoms with Crippen molar-refractivity contribution in [2.75, 3.05) is 59.1 Å². The van der Waals surface area contributed by atoms with Crippen LogP contribution in [0.5, 0.6) is 0 Å². The Bertz CT molecular complexity index is 406. The van der Waals surface area contributed by atoms with Crippen molar-refractivity contribution in [3.05, 3.63) is 0 Å². The van der Waals surface area contributed by atoms with Gasteiger partial charge in [0.1, 0.15) is 6.10 Å². The molecule has 1 N–H and O–H groups in total. The van der Waals surface area contributed by atoms with E-state index in [1.807, 2.05) is 0 Å². The van der Waals surface area contributed by atoms with E-state index >= 15 is 0 Å². The second-order valence-electron chi connectivity index (χ2n) is 7.35. The summed E-state index contributed by atoms with van der Waals surface area (Å²) in [6, 6.07) is 0. The van der Waals surface area contributed by atoms with Crippen molar-refractivity contribution in [1.82, 2.24) is 15.1 Å². The zero-order valence-electron chi connectivity index (χ0n) is 15.1. The normalized spacial score (nSPS) is 29.3. The second-order valence-corrected chi connectivity index (χ2v) is 7.35. The number of hydrogen-bond donors (Lipinski definition) is 1. The van der Waals surface area contributed by atoms with Crippen LogP contribution in [-0.2, 0) is 14.3 Å². The molecule has 0 spiro atoms. The lowest BCUT2D eigenvalue weighted by molar-refractivity contribution is -0.139. The number of amides is 1. The zero-order chi connectivity index (χ0) is 16.8. The minimum absolute atomic E-state index is 0.0519. The molecular formula is C18H33N3O3. The number of hydrogen-bond acceptors (Lipinski definition) is 5. The molecule has 1 atom stereocenters. The SMILES string of the molecule is CCN1CCOC(C(=O)NCC2(N3CCCCC3)CCOCC2)C1. The molecule has 3 rings (SSSR count). The van der Waals surface area contributed by atoms with E-state index in [1.165, 1.54) is 19.3 Å². The molecule has 0 saturated carbocycles. The number of carbonyl (C=O) groups is 1. The van der Waals surface area contributed by atoms with Crippen LogP contribution in [0.4, 0.5) is 0 Å². The van der Waals surface area contributed by atoms with E-state index < -0.39 is 0 Å². The van der Waals surface area contributed by atoms with Gasteiger partial charge in [-0.05, 0) is 45.3 Å². The van der Waals surface area contributed by atoms with Gasteiger partial charge in [-0.2, -0.15) is 0 Å². The van der Waals surface area contributed by atoms with E-state index in [9.17, 15) is 4.79 Å². The van der Waals surface area contributed by atoms with Gasteiger partial charge < -0.3 is 14.8 Å². The van der Waals surface area contributed by atoms with Gasteiger partial charge in [-0.25, -0.2) is 0 Å². The summed E-state index contributed by atoms with van der Waals surface area (Å²) in [5.41, 5.74) is 0.0768. The Kier molecular flexibility index (Phi) is 6.49. The molecule has 0 radical (unpaired) electrons. The van der Waals surface area contributed by atoms with Crippen LogP contribution in [0.3, 0.4) is 0 Å². The number of morpholine rings is 1.